The van der Waals surface area contributed by atoms with E-state index in [9.17, 15) is 13.2 Å². The van der Waals surface area contributed by atoms with Gasteiger partial charge in [0.15, 0.2) is 9.84 Å². The van der Waals surface area contributed by atoms with Gasteiger partial charge in [-0.1, -0.05) is 0 Å². The molecule has 0 saturated heterocycles. The number of hydrogen-bond donors (Lipinski definition) is 1. The first-order chi connectivity index (χ1) is 7.38. The Morgan fingerprint density at radius 1 is 1.38 bits per heavy atom. The maximum absolute atomic E-state index is 11.3. The van der Waals surface area contributed by atoms with Crippen molar-refractivity contribution in [3.05, 3.63) is 29.5 Å². The third-order valence-electron chi connectivity index (χ3n) is 2.21. The molecular formula is C10H9N2O3S. The summed E-state index contributed by atoms with van der Waals surface area (Å²) < 4.78 is 22.6. The number of benzene rings is 1. The molecule has 1 aromatic rings. The van der Waals surface area contributed by atoms with Gasteiger partial charge < -0.3 is 5.73 Å². The largest absolute Gasteiger partial charge is 0.364 e. The second kappa shape index (κ2) is 3.34. The molecule has 0 bridgehead atoms. The zero-order valence-corrected chi connectivity index (χ0v) is 9.28. The van der Waals surface area contributed by atoms with E-state index in [1.54, 1.807) is 6.07 Å². The molecule has 1 radical (unpaired) electrons. The second-order valence-electron chi connectivity index (χ2n) is 3.50. The minimum Gasteiger partial charge on any atom is -0.364 e. The number of nitrogens with two attached hydrogens (primary N) is 1. The first kappa shape index (κ1) is 10.7. The van der Waals surface area contributed by atoms with Crippen molar-refractivity contribution in [2.24, 2.45) is 5.73 Å². The van der Waals surface area contributed by atoms with E-state index in [2.05, 4.69) is 5.32 Å². The van der Waals surface area contributed by atoms with Crippen LogP contribution in [0.1, 0.15) is 5.56 Å². The van der Waals surface area contributed by atoms with Gasteiger partial charge in [0.05, 0.1) is 10.6 Å². The first-order valence-corrected chi connectivity index (χ1v) is 6.34. The number of carbonyl (C=O) groups excluding carboxylic acids is 1. The molecule has 0 spiro atoms. The zero-order chi connectivity index (χ0) is 11.9. The SMILES string of the molecule is CS(=O)(=O)c1ccc2c(c1)C=C(C(N)=O)[N]2. The van der Waals surface area contributed by atoms with Crippen LogP contribution >= 0.6 is 0 Å². The van der Waals surface area contributed by atoms with Crippen molar-refractivity contribution in [3.8, 4) is 0 Å². The maximum Gasteiger partial charge on any atom is 0.267 e. The Morgan fingerprint density at radius 2 is 2.06 bits per heavy atom. The van der Waals surface area contributed by atoms with Gasteiger partial charge in [0, 0.05) is 11.8 Å². The van der Waals surface area contributed by atoms with E-state index in [0.29, 0.717) is 11.3 Å². The van der Waals surface area contributed by atoms with Gasteiger partial charge in [0.2, 0.25) is 0 Å². The van der Waals surface area contributed by atoms with Gasteiger partial charge >= 0.3 is 0 Å². The summed E-state index contributed by atoms with van der Waals surface area (Å²) in [5.41, 5.74) is 6.37. The summed E-state index contributed by atoms with van der Waals surface area (Å²) in [6, 6.07) is 4.48. The van der Waals surface area contributed by atoms with Crippen LogP contribution in [-0.4, -0.2) is 20.6 Å². The molecule has 2 N–H and O–H groups in total. The van der Waals surface area contributed by atoms with Crippen LogP contribution in [-0.2, 0) is 14.6 Å². The Bertz CT molecular complexity index is 602. The lowest BCUT2D eigenvalue weighted by Crippen LogP contribution is -2.16. The van der Waals surface area contributed by atoms with Crippen LogP contribution in [0.3, 0.4) is 0 Å². The smallest absolute Gasteiger partial charge is 0.267 e. The third-order valence-corrected chi connectivity index (χ3v) is 3.32. The molecule has 0 aromatic heterocycles. The summed E-state index contributed by atoms with van der Waals surface area (Å²) in [4.78, 5) is 11.1. The first-order valence-electron chi connectivity index (χ1n) is 4.45. The molecule has 1 aliphatic rings. The minimum atomic E-state index is -3.25. The third kappa shape index (κ3) is 1.79. The standard InChI is InChI=1S/C10H9N2O3S/c1-16(14,15)7-2-3-8-6(4-7)5-9(12-8)10(11)13/h2-5H,1H3,(H2,11,13). The number of primary amides is 1. The Balaban J connectivity index is 2.50. The lowest BCUT2D eigenvalue weighted by Gasteiger charge is -2.01. The van der Waals surface area contributed by atoms with Crippen molar-refractivity contribution in [1.29, 1.82) is 0 Å². The van der Waals surface area contributed by atoms with Crippen LogP contribution in [0.2, 0.25) is 0 Å². The minimum absolute atomic E-state index is 0.139. The highest BCUT2D eigenvalue weighted by molar-refractivity contribution is 7.90. The Kier molecular flexibility index (Phi) is 2.23. The van der Waals surface area contributed by atoms with E-state index in [0.717, 1.165) is 6.26 Å². The number of rotatable bonds is 2. The topological polar surface area (TPSA) is 91.3 Å². The molecular weight excluding hydrogens is 228 g/mol. The number of hydrogen-bond acceptors (Lipinski definition) is 3. The van der Waals surface area contributed by atoms with E-state index in [1.807, 2.05) is 0 Å². The fourth-order valence-corrected chi connectivity index (χ4v) is 2.07. The number of sulfone groups is 1. The number of fused-ring (bicyclic) bond motifs is 1. The molecule has 1 heterocycles. The zero-order valence-electron chi connectivity index (χ0n) is 8.47. The van der Waals surface area contributed by atoms with E-state index in [4.69, 9.17) is 5.73 Å². The predicted octanol–water partition coefficient (Wildman–Crippen LogP) is 0.166. The quantitative estimate of drug-likeness (QED) is 0.794. The molecule has 1 aromatic carbocycles. The molecule has 0 fully saturated rings. The lowest BCUT2D eigenvalue weighted by atomic mass is 10.2. The highest BCUT2D eigenvalue weighted by Crippen LogP contribution is 2.29. The summed E-state index contributed by atoms with van der Waals surface area (Å²) in [5.74, 6) is -0.628. The Hall–Kier alpha value is -1.82. The van der Waals surface area contributed by atoms with Crippen LogP contribution in [0.25, 0.3) is 6.08 Å². The van der Waals surface area contributed by atoms with Gasteiger partial charge in [-0.25, -0.2) is 13.7 Å². The Morgan fingerprint density at radius 3 is 2.62 bits per heavy atom. The number of carbonyl (C=O) groups is 1. The van der Waals surface area contributed by atoms with Gasteiger partial charge in [-0.3, -0.25) is 4.79 Å². The van der Waals surface area contributed by atoms with Crippen LogP contribution in [0.5, 0.6) is 0 Å². The van der Waals surface area contributed by atoms with Crippen molar-refractivity contribution >= 4 is 27.5 Å². The van der Waals surface area contributed by atoms with E-state index in [1.165, 1.54) is 18.2 Å². The van der Waals surface area contributed by atoms with Crippen molar-refractivity contribution in [2.45, 2.75) is 4.90 Å². The molecule has 2 rings (SSSR count). The molecule has 1 aliphatic heterocycles. The summed E-state index contributed by atoms with van der Waals surface area (Å²) in [7, 11) is -3.25. The van der Waals surface area contributed by atoms with Crippen LogP contribution in [0.15, 0.2) is 28.8 Å². The van der Waals surface area contributed by atoms with E-state index >= 15 is 0 Å². The van der Waals surface area contributed by atoms with Crippen LogP contribution < -0.4 is 11.1 Å². The molecule has 5 nitrogen and oxygen atoms in total. The monoisotopic (exact) mass is 237 g/mol. The Labute approximate surface area is 92.9 Å². The highest BCUT2D eigenvalue weighted by atomic mass is 32.2. The molecule has 0 unspecified atom stereocenters. The lowest BCUT2D eigenvalue weighted by molar-refractivity contribution is -0.114. The average Bonchev–Trinajstić information content (AvgIpc) is 2.58. The van der Waals surface area contributed by atoms with Gasteiger partial charge in [0.25, 0.3) is 5.91 Å². The summed E-state index contributed by atoms with van der Waals surface area (Å²) in [5, 5.41) is 3.97. The molecule has 0 atom stereocenters. The van der Waals surface area contributed by atoms with Crippen molar-refractivity contribution in [1.82, 2.24) is 5.32 Å². The van der Waals surface area contributed by atoms with E-state index in [-0.39, 0.29) is 10.6 Å². The summed E-state index contributed by atoms with van der Waals surface area (Å²) >= 11 is 0. The normalized spacial score (nSPS) is 13.9. The molecule has 6 heteroatoms. The molecule has 1 amide bonds. The van der Waals surface area contributed by atoms with E-state index < -0.39 is 15.7 Å². The van der Waals surface area contributed by atoms with Gasteiger partial charge in [-0.15, -0.1) is 0 Å². The molecule has 16 heavy (non-hydrogen) atoms. The molecule has 0 aliphatic carbocycles. The van der Waals surface area contributed by atoms with Gasteiger partial charge in [-0.2, -0.15) is 0 Å². The van der Waals surface area contributed by atoms with Crippen LogP contribution in [0.4, 0.5) is 5.69 Å². The molecule has 83 valence electrons. The van der Waals surface area contributed by atoms with Crippen LogP contribution in [0, 0.1) is 0 Å². The number of amides is 1. The van der Waals surface area contributed by atoms with Gasteiger partial charge in [0.1, 0.15) is 5.70 Å². The van der Waals surface area contributed by atoms with Gasteiger partial charge in [-0.05, 0) is 24.3 Å². The predicted molar refractivity (Wildman–Crippen MR) is 58.5 cm³/mol. The average molecular weight is 237 g/mol. The van der Waals surface area contributed by atoms with Crippen molar-refractivity contribution in [3.63, 3.8) is 0 Å². The molecule has 0 saturated carbocycles. The fourth-order valence-electron chi connectivity index (χ4n) is 1.42. The highest BCUT2D eigenvalue weighted by Gasteiger charge is 2.19. The maximum atomic E-state index is 11.3. The summed E-state index contributed by atoms with van der Waals surface area (Å²) in [6.07, 6.45) is 2.60. The number of nitrogens with zero attached hydrogens (tertiary/aromatic N) is 1. The second-order valence-corrected chi connectivity index (χ2v) is 5.51. The van der Waals surface area contributed by atoms with Crippen molar-refractivity contribution < 1.29 is 13.2 Å². The fraction of sp³-hybridized carbons (Fsp3) is 0.100. The van der Waals surface area contributed by atoms with Crippen molar-refractivity contribution in [2.75, 3.05) is 6.26 Å². The summed E-state index contributed by atoms with van der Waals surface area (Å²) in [6.45, 7) is 0.